The van der Waals surface area contributed by atoms with Gasteiger partial charge in [0, 0.05) is 6.42 Å². The van der Waals surface area contributed by atoms with Crippen LogP contribution in [0.5, 0.6) is 0 Å². The summed E-state index contributed by atoms with van der Waals surface area (Å²) in [6, 6.07) is 8.45. The van der Waals surface area contributed by atoms with Gasteiger partial charge in [0.25, 0.3) is 0 Å². The summed E-state index contributed by atoms with van der Waals surface area (Å²) in [4.78, 5) is 12.0. The van der Waals surface area contributed by atoms with Crippen LogP contribution in [0.1, 0.15) is 36.8 Å². The van der Waals surface area contributed by atoms with Gasteiger partial charge in [-0.2, -0.15) is 0 Å². The molecule has 156 valence electrons. The molecule has 0 radical (unpaired) electrons. The van der Waals surface area contributed by atoms with Gasteiger partial charge in [-0.25, -0.2) is 0 Å². The third-order valence-corrected chi connectivity index (χ3v) is 4.66. The van der Waals surface area contributed by atoms with Gasteiger partial charge in [0.2, 0.25) is 0 Å². The molecular weight excluding hydrogens is 368 g/mol. The summed E-state index contributed by atoms with van der Waals surface area (Å²) in [6.07, 6.45) is 29.0. The molecule has 2 rings (SSSR count). The zero-order chi connectivity index (χ0) is 21.3. The molecule has 0 amide bonds. The lowest BCUT2D eigenvalue weighted by Gasteiger charge is -2.06. The first-order chi connectivity index (χ1) is 14.8. The predicted octanol–water partition coefficient (Wildman–Crippen LogP) is 6.78. The standard InChI is InChI=1S/C28H32O2/c1-2-3-14-26-18-20-27(21-19-26)22-23-28(29)30-24-13-17-25-15-11-9-7-5-4-6-8-10-12-16-25/h2,4-12,15-16,18-21H,1,3,13-14,17,22-24H2. The number of hydrogen-bond acceptors (Lipinski definition) is 2. The maximum absolute atomic E-state index is 12.0. The highest BCUT2D eigenvalue weighted by atomic mass is 16.5. The third kappa shape index (κ3) is 10.4. The Balaban J connectivity index is 1.68. The Morgan fingerprint density at radius 3 is 2.07 bits per heavy atom. The monoisotopic (exact) mass is 400 g/mol. The van der Waals surface area contributed by atoms with Crippen LogP contribution in [0.15, 0.2) is 109 Å². The maximum atomic E-state index is 12.0. The molecule has 0 aromatic heterocycles. The average Bonchev–Trinajstić information content (AvgIpc) is 2.76. The number of carbonyl (C=O) groups is 1. The Bertz CT molecular complexity index is 830. The van der Waals surface area contributed by atoms with Crippen molar-refractivity contribution in [3.8, 4) is 0 Å². The van der Waals surface area contributed by atoms with Crippen molar-refractivity contribution in [2.45, 2.75) is 38.5 Å². The third-order valence-electron chi connectivity index (χ3n) is 4.66. The van der Waals surface area contributed by atoms with Crippen molar-refractivity contribution in [2.75, 3.05) is 6.61 Å². The fourth-order valence-electron chi connectivity index (χ4n) is 2.95. The minimum Gasteiger partial charge on any atom is -0.466 e. The first-order valence-electron chi connectivity index (χ1n) is 10.7. The van der Waals surface area contributed by atoms with Crippen LogP contribution in [-0.4, -0.2) is 12.6 Å². The van der Waals surface area contributed by atoms with Gasteiger partial charge in [-0.3, -0.25) is 4.79 Å². The fraction of sp³-hybridized carbons (Fsp3) is 0.250. The molecule has 0 atom stereocenters. The zero-order valence-electron chi connectivity index (χ0n) is 17.7. The van der Waals surface area contributed by atoms with E-state index < -0.39 is 0 Å². The number of esters is 1. The molecule has 0 saturated heterocycles. The van der Waals surface area contributed by atoms with Crippen molar-refractivity contribution < 1.29 is 9.53 Å². The van der Waals surface area contributed by atoms with Crippen LogP contribution in [0.25, 0.3) is 0 Å². The number of allylic oxidation sites excluding steroid dienone is 13. The maximum Gasteiger partial charge on any atom is 0.306 e. The molecule has 0 fully saturated rings. The second-order valence-corrected chi connectivity index (χ2v) is 7.11. The molecule has 1 aliphatic carbocycles. The van der Waals surface area contributed by atoms with Gasteiger partial charge >= 0.3 is 5.97 Å². The van der Waals surface area contributed by atoms with E-state index in [9.17, 15) is 4.79 Å². The molecule has 2 nitrogen and oxygen atoms in total. The summed E-state index contributed by atoms with van der Waals surface area (Å²) >= 11 is 0. The summed E-state index contributed by atoms with van der Waals surface area (Å²) < 4.78 is 5.42. The van der Waals surface area contributed by atoms with Crippen molar-refractivity contribution in [2.24, 2.45) is 0 Å². The normalized spacial score (nSPS) is 13.4. The Morgan fingerprint density at radius 1 is 0.800 bits per heavy atom. The minimum absolute atomic E-state index is 0.131. The van der Waals surface area contributed by atoms with E-state index in [1.165, 1.54) is 16.7 Å². The lowest BCUT2D eigenvalue weighted by atomic mass is 10.0. The van der Waals surface area contributed by atoms with E-state index >= 15 is 0 Å². The molecule has 0 spiro atoms. The molecular formula is C28H32O2. The first-order valence-corrected chi connectivity index (χ1v) is 10.7. The van der Waals surface area contributed by atoms with Gasteiger partial charge in [-0.15, -0.1) is 6.58 Å². The van der Waals surface area contributed by atoms with E-state index in [1.54, 1.807) is 0 Å². The topological polar surface area (TPSA) is 26.3 Å². The number of ether oxygens (including phenoxy) is 1. The van der Waals surface area contributed by atoms with E-state index in [4.69, 9.17) is 4.74 Å². The number of benzene rings is 1. The van der Waals surface area contributed by atoms with Crippen LogP contribution >= 0.6 is 0 Å². The highest BCUT2D eigenvalue weighted by Crippen LogP contribution is 2.11. The van der Waals surface area contributed by atoms with Gasteiger partial charge in [0.1, 0.15) is 0 Å². The van der Waals surface area contributed by atoms with Crippen molar-refractivity contribution in [1.29, 1.82) is 0 Å². The Kier molecular flexibility index (Phi) is 11.4. The smallest absolute Gasteiger partial charge is 0.306 e. The predicted molar refractivity (Wildman–Crippen MR) is 127 cm³/mol. The second-order valence-electron chi connectivity index (χ2n) is 7.11. The zero-order valence-corrected chi connectivity index (χ0v) is 17.7. The molecule has 30 heavy (non-hydrogen) atoms. The summed E-state index contributed by atoms with van der Waals surface area (Å²) in [5.41, 5.74) is 3.68. The molecule has 0 N–H and O–H groups in total. The molecule has 0 aliphatic heterocycles. The number of aryl methyl sites for hydroxylation is 2. The minimum atomic E-state index is -0.131. The van der Waals surface area contributed by atoms with Crippen LogP contribution in [0.4, 0.5) is 0 Å². The SMILES string of the molecule is C=CCCc1ccc(CCC(=O)OCCCC2=CC=CC=CC=CC=CC=C2)cc1. The number of carbonyl (C=O) groups excluding carboxylic acids is 1. The van der Waals surface area contributed by atoms with Gasteiger partial charge in [0.15, 0.2) is 0 Å². The average molecular weight is 401 g/mol. The van der Waals surface area contributed by atoms with Gasteiger partial charge in [-0.1, -0.05) is 97.2 Å². The highest BCUT2D eigenvalue weighted by molar-refractivity contribution is 5.69. The molecule has 1 aromatic carbocycles. The molecule has 2 heteroatoms. The summed E-state index contributed by atoms with van der Waals surface area (Å²) in [5, 5.41) is 0. The van der Waals surface area contributed by atoms with Crippen LogP contribution in [0.3, 0.4) is 0 Å². The van der Waals surface area contributed by atoms with E-state index in [0.29, 0.717) is 19.4 Å². The van der Waals surface area contributed by atoms with Gasteiger partial charge in [-0.05, 0) is 48.8 Å². The van der Waals surface area contributed by atoms with E-state index in [-0.39, 0.29) is 5.97 Å². The van der Waals surface area contributed by atoms with Crippen molar-refractivity contribution in [3.05, 3.63) is 120 Å². The largest absolute Gasteiger partial charge is 0.466 e. The number of hydrogen-bond donors (Lipinski definition) is 0. The Hall–Kier alpha value is -3.13. The Morgan fingerprint density at radius 2 is 1.40 bits per heavy atom. The second kappa shape index (κ2) is 14.8. The van der Waals surface area contributed by atoms with Crippen molar-refractivity contribution >= 4 is 5.97 Å². The molecule has 1 aliphatic rings. The van der Waals surface area contributed by atoms with Crippen LogP contribution in [-0.2, 0) is 22.4 Å². The van der Waals surface area contributed by atoms with E-state index in [1.807, 2.05) is 60.8 Å². The van der Waals surface area contributed by atoms with Crippen LogP contribution < -0.4 is 0 Å². The van der Waals surface area contributed by atoms with Crippen molar-refractivity contribution in [3.63, 3.8) is 0 Å². The van der Waals surface area contributed by atoms with Crippen LogP contribution in [0.2, 0.25) is 0 Å². The van der Waals surface area contributed by atoms with Gasteiger partial charge in [0.05, 0.1) is 6.61 Å². The molecule has 0 heterocycles. The lowest BCUT2D eigenvalue weighted by molar-refractivity contribution is -0.143. The summed E-state index contributed by atoms with van der Waals surface area (Å²) in [5.74, 6) is -0.131. The highest BCUT2D eigenvalue weighted by Gasteiger charge is 2.04. The summed E-state index contributed by atoms with van der Waals surface area (Å²) in [6.45, 7) is 4.20. The van der Waals surface area contributed by atoms with Crippen molar-refractivity contribution in [1.82, 2.24) is 0 Å². The molecule has 0 saturated carbocycles. The molecule has 1 aromatic rings. The van der Waals surface area contributed by atoms with Crippen LogP contribution in [0, 0.1) is 0 Å². The van der Waals surface area contributed by atoms with E-state index in [2.05, 4.69) is 43.0 Å². The van der Waals surface area contributed by atoms with Gasteiger partial charge < -0.3 is 4.74 Å². The molecule has 0 unspecified atom stereocenters. The first kappa shape index (κ1) is 23.2. The lowest BCUT2D eigenvalue weighted by Crippen LogP contribution is -2.07. The fourth-order valence-corrected chi connectivity index (χ4v) is 2.95. The quantitative estimate of drug-likeness (QED) is 0.246. The molecule has 0 bridgehead atoms. The van der Waals surface area contributed by atoms with E-state index in [0.717, 1.165) is 25.7 Å². The number of rotatable bonds is 10. The Labute approximate surface area is 181 Å². The summed E-state index contributed by atoms with van der Waals surface area (Å²) in [7, 11) is 0.